The third-order valence-electron chi connectivity index (χ3n) is 5.26. The molecule has 3 rings (SSSR count). The molecule has 4 nitrogen and oxygen atoms in total. The fraction of sp³-hybridized carbons (Fsp3) is 0.409. The summed E-state index contributed by atoms with van der Waals surface area (Å²) in [5.41, 5.74) is 1.06. The molecule has 1 saturated heterocycles. The van der Waals surface area contributed by atoms with Gasteiger partial charge in [0.2, 0.25) is 5.91 Å². The van der Waals surface area contributed by atoms with Crippen LogP contribution in [0.5, 0.6) is 0 Å². The zero-order valence-electron chi connectivity index (χ0n) is 16.7. The molecule has 1 amide bonds. The molecule has 2 aromatic rings. The van der Waals surface area contributed by atoms with Crippen molar-refractivity contribution >= 4 is 17.5 Å². The lowest BCUT2D eigenvalue weighted by Gasteiger charge is -2.23. The summed E-state index contributed by atoms with van der Waals surface area (Å²) in [6.45, 7) is 4.07. The molecule has 0 aromatic heterocycles. The second-order valence-corrected chi connectivity index (χ2v) is 7.85. The Bertz CT molecular complexity index is 857. The molecule has 30 heavy (non-hydrogen) atoms. The molecule has 1 heterocycles. The van der Waals surface area contributed by atoms with Gasteiger partial charge in [0.1, 0.15) is 0 Å². The first-order chi connectivity index (χ1) is 14.3. The Morgan fingerprint density at radius 3 is 2.50 bits per heavy atom. The van der Waals surface area contributed by atoms with Gasteiger partial charge < -0.3 is 10.6 Å². The summed E-state index contributed by atoms with van der Waals surface area (Å²) < 4.78 is 38.1. The maximum atomic E-state index is 12.7. The summed E-state index contributed by atoms with van der Waals surface area (Å²) in [5, 5.41) is 6.92. The van der Waals surface area contributed by atoms with Crippen molar-refractivity contribution in [3.8, 4) is 0 Å². The van der Waals surface area contributed by atoms with Crippen LogP contribution in [0.1, 0.15) is 30.0 Å². The SMILES string of the molecule is CCNC(=O)[C@@H]1C[C@H](NCc2ccc(C(F)(F)F)cc2)CN1Cc1ccccc1Cl. The maximum Gasteiger partial charge on any atom is 0.416 e. The fourth-order valence-electron chi connectivity index (χ4n) is 3.71. The van der Waals surface area contributed by atoms with Gasteiger partial charge in [-0.1, -0.05) is 41.9 Å². The minimum atomic E-state index is -4.34. The lowest BCUT2D eigenvalue weighted by atomic mass is 10.1. The molecule has 1 aliphatic heterocycles. The van der Waals surface area contributed by atoms with Crippen molar-refractivity contribution in [2.45, 2.75) is 44.7 Å². The Kier molecular flexibility index (Phi) is 7.39. The molecule has 0 radical (unpaired) electrons. The van der Waals surface area contributed by atoms with Crippen molar-refractivity contribution in [3.05, 3.63) is 70.2 Å². The Labute approximate surface area is 179 Å². The molecular formula is C22H25ClF3N3O. The van der Waals surface area contributed by atoms with E-state index >= 15 is 0 Å². The summed E-state index contributed by atoms with van der Waals surface area (Å²) in [6, 6.07) is 12.5. The van der Waals surface area contributed by atoms with E-state index in [2.05, 4.69) is 15.5 Å². The van der Waals surface area contributed by atoms with Crippen molar-refractivity contribution in [3.63, 3.8) is 0 Å². The Morgan fingerprint density at radius 2 is 1.87 bits per heavy atom. The van der Waals surface area contributed by atoms with E-state index in [-0.39, 0.29) is 18.0 Å². The first-order valence-electron chi connectivity index (χ1n) is 9.92. The highest BCUT2D eigenvalue weighted by Crippen LogP contribution is 2.29. The van der Waals surface area contributed by atoms with Crippen molar-refractivity contribution in [1.82, 2.24) is 15.5 Å². The number of rotatable bonds is 7. The van der Waals surface area contributed by atoms with Crippen LogP contribution in [0.4, 0.5) is 13.2 Å². The van der Waals surface area contributed by atoms with Crippen LogP contribution in [0, 0.1) is 0 Å². The van der Waals surface area contributed by atoms with Crippen molar-refractivity contribution in [2.24, 2.45) is 0 Å². The number of hydrogen-bond donors (Lipinski definition) is 2. The molecule has 1 fully saturated rings. The third kappa shape index (κ3) is 5.74. The first kappa shape index (κ1) is 22.6. The molecule has 0 saturated carbocycles. The largest absolute Gasteiger partial charge is 0.416 e. The number of benzene rings is 2. The lowest BCUT2D eigenvalue weighted by molar-refractivity contribution is -0.137. The van der Waals surface area contributed by atoms with Crippen LogP contribution in [0.2, 0.25) is 5.02 Å². The van der Waals surface area contributed by atoms with Gasteiger partial charge in [-0.15, -0.1) is 0 Å². The smallest absolute Gasteiger partial charge is 0.355 e. The van der Waals surface area contributed by atoms with Crippen molar-refractivity contribution < 1.29 is 18.0 Å². The molecule has 0 bridgehead atoms. The quantitative estimate of drug-likeness (QED) is 0.678. The number of hydrogen-bond acceptors (Lipinski definition) is 3. The zero-order valence-corrected chi connectivity index (χ0v) is 17.4. The van der Waals surface area contributed by atoms with Crippen LogP contribution in [0.15, 0.2) is 48.5 Å². The number of amides is 1. The van der Waals surface area contributed by atoms with E-state index in [9.17, 15) is 18.0 Å². The van der Waals surface area contributed by atoms with Gasteiger partial charge in [0.25, 0.3) is 0 Å². The number of alkyl halides is 3. The zero-order chi connectivity index (χ0) is 21.7. The monoisotopic (exact) mass is 439 g/mol. The van der Waals surface area contributed by atoms with Gasteiger partial charge in [-0.25, -0.2) is 0 Å². The van der Waals surface area contributed by atoms with E-state index in [1.165, 1.54) is 12.1 Å². The average Bonchev–Trinajstić information content (AvgIpc) is 3.11. The Balaban J connectivity index is 1.64. The maximum absolute atomic E-state index is 12.7. The Hall–Kier alpha value is -2.09. The van der Waals surface area contributed by atoms with E-state index in [0.29, 0.717) is 37.6 Å². The minimum Gasteiger partial charge on any atom is -0.355 e. The van der Waals surface area contributed by atoms with Crippen LogP contribution in [-0.4, -0.2) is 36.0 Å². The Morgan fingerprint density at radius 1 is 1.17 bits per heavy atom. The normalized spacial score (nSPS) is 19.8. The van der Waals surface area contributed by atoms with E-state index in [1.54, 1.807) is 0 Å². The molecule has 162 valence electrons. The number of likely N-dealkylation sites (N-methyl/N-ethyl adjacent to an activating group) is 1. The van der Waals surface area contributed by atoms with Crippen LogP contribution < -0.4 is 10.6 Å². The minimum absolute atomic E-state index is 0.0246. The molecule has 2 N–H and O–H groups in total. The lowest BCUT2D eigenvalue weighted by Crippen LogP contribution is -2.42. The highest BCUT2D eigenvalue weighted by molar-refractivity contribution is 6.31. The fourth-order valence-corrected chi connectivity index (χ4v) is 3.91. The number of carbonyl (C=O) groups is 1. The van der Waals surface area contributed by atoms with Crippen LogP contribution >= 0.6 is 11.6 Å². The van der Waals surface area contributed by atoms with E-state index in [1.807, 2.05) is 31.2 Å². The molecule has 0 spiro atoms. The summed E-state index contributed by atoms with van der Waals surface area (Å²) in [5.74, 6) is -0.0246. The van der Waals surface area contributed by atoms with Gasteiger partial charge in [-0.3, -0.25) is 9.69 Å². The first-order valence-corrected chi connectivity index (χ1v) is 10.3. The molecule has 0 aliphatic carbocycles. The number of likely N-dealkylation sites (tertiary alicyclic amines) is 1. The summed E-state index contributed by atoms with van der Waals surface area (Å²) in [6.07, 6.45) is -3.71. The standard InChI is InChI=1S/C22H25ClF3N3O/c1-2-27-21(30)20-11-18(14-29(20)13-16-5-3-4-6-19(16)23)28-12-15-7-9-17(10-8-15)22(24,25)26/h3-10,18,20,28H,2,11-14H2,1H3,(H,27,30)/t18-,20-/m0/s1. The summed E-state index contributed by atoms with van der Waals surface area (Å²) in [4.78, 5) is 14.7. The highest BCUT2D eigenvalue weighted by atomic mass is 35.5. The van der Waals surface area contributed by atoms with Crippen LogP contribution in [-0.2, 0) is 24.1 Å². The second kappa shape index (κ2) is 9.81. The van der Waals surface area contributed by atoms with Gasteiger partial charge in [0.05, 0.1) is 11.6 Å². The van der Waals surface area contributed by atoms with Gasteiger partial charge in [0.15, 0.2) is 0 Å². The number of halogens is 4. The van der Waals surface area contributed by atoms with E-state index in [0.717, 1.165) is 23.3 Å². The van der Waals surface area contributed by atoms with Gasteiger partial charge in [-0.05, 0) is 42.7 Å². The highest BCUT2D eigenvalue weighted by Gasteiger charge is 2.36. The van der Waals surface area contributed by atoms with Crippen LogP contribution in [0.3, 0.4) is 0 Å². The predicted molar refractivity (Wildman–Crippen MR) is 111 cm³/mol. The van der Waals surface area contributed by atoms with Gasteiger partial charge >= 0.3 is 6.18 Å². The molecule has 0 unspecified atom stereocenters. The number of nitrogens with zero attached hydrogens (tertiary/aromatic N) is 1. The van der Waals surface area contributed by atoms with Crippen molar-refractivity contribution in [2.75, 3.05) is 13.1 Å². The van der Waals surface area contributed by atoms with E-state index in [4.69, 9.17) is 11.6 Å². The third-order valence-corrected chi connectivity index (χ3v) is 5.63. The summed E-state index contributed by atoms with van der Waals surface area (Å²) >= 11 is 6.29. The second-order valence-electron chi connectivity index (χ2n) is 7.44. The summed E-state index contributed by atoms with van der Waals surface area (Å²) in [7, 11) is 0. The van der Waals surface area contributed by atoms with E-state index < -0.39 is 11.7 Å². The van der Waals surface area contributed by atoms with Crippen molar-refractivity contribution in [1.29, 1.82) is 0 Å². The van der Waals surface area contributed by atoms with Gasteiger partial charge in [-0.2, -0.15) is 13.2 Å². The predicted octanol–water partition coefficient (Wildman–Crippen LogP) is 4.23. The molecular weight excluding hydrogens is 415 g/mol. The molecule has 8 heteroatoms. The average molecular weight is 440 g/mol. The van der Waals surface area contributed by atoms with Crippen LogP contribution in [0.25, 0.3) is 0 Å². The molecule has 1 aliphatic rings. The molecule has 2 atom stereocenters. The number of nitrogens with one attached hydrogen (secondary N) is 2. The topological polar surface area (TPSA) is 44.4 Å². The number of carbonyl (C=O) groups excluding carboxylic acids is 1. The van der Waals surface area contributed by atoms with Gasteiger partial charge in [0, 0.05) is 37.2 Å². The molecule has 2 aromatic carbocycles.